The van der Waals surface area contributed by atoms with E-state index >= 15 is 0 Å². The van der Waals surface area contributed by atoms with E-state index in [2.05, 4.69) is 5.32 Å². The normalized spacial score (nSPS) is 17.8. The van der Waals surface area contributed by atoms with Crippen LogP contribution in [0, 0.1) is 0 Å². The Morgan fingerprint density at radius 3 is 2.19 bits per heavy atom. The van der Waals surface area contributed by atoms with Crippen molar-refractivity contribution < 1.29 is 14.6 Å². The molecule has 1 aliphatic heterocycles. The molecule has 158 valence electrons. The van der Waals surface area contributed by atoms with Crippen LogP contribution in [0.1, 0.15) is 44.7 Å². The fourth-order valence-corrected chi connectivity index (χ4v) is 3.95. The molecule has 0 saturated heterocycles. The number of aromatic carboxylic acids is 1. The van der Waals surface area contributed by atoms with E-state index in [0.717, 1.165) is 16.7 Å². The lowest BCUT2D eigenvalue weighted by molar-refractivity contribution is 0.0696. The van der Waals surface area contributed by atoms with E-state index in [0.29, 0.717) is 28.1 Å². The Hall–Kier alpha value is -2.86. The van der Waals surface area contributed by atoms with Crippen LogP contribution in [0.4, 0.5) is 0 Å². The van der Waals surface area contributed by atoms with Crippen LogP contribution in [0.2, 0.25) is 10.0 Å². The molecule has 0 aromatic heterocycles. The lowest BCUT2D eigenvalue weighted by atomic mass is 9.95. The first kappa shape index (κ1) is 21.4. The van der Waals surface area contributed by atoms with Gasteiger partial charge in [-0.3, -0.25) is 4.99 Å². The van der Waals surface area contributed by atoms with E-state index in [1.54, 1.807) is 19.2 Å². The molecule has 0 saturated carbocycles. The monoisotopic (exact) mass is 454 g/mol. The van der Waals surface area contributed by atoms with E-state index in [9.17, 15) is 9.90 Å². The number of hydrogen-bond donors (Lipinski definition) is 2. The molecule has 2 atom stereocenters. The summed E-state index contributed by atoms with van der Waals surface area (Å²) < 4.78 is 5.21. The van der Waals surface area contributed by atoms with Gasteiger partial charge in [-0.2, -0.15) is 0 Å². The quantitative estimate of drug-likeness (QED) is 0.503. The van der Waals surface area contributed by atoms with E-state index in [4.69, 9.17) is 32.9 Å². The highest BCUT2D eigenvalue weighted by Crippen LogP contribution is 2.38. The summed E-state index contributed by atoms with van der Waals surface area (Å²) in [4.78, 5) is 16.6. The van der Waals surface area contributed by atoms with E-state index in [1.807, 2.05) is 54.6 Å². The molecular weight excluding hydrogens is 435 g/mol. The summed E-state index contributed by atoms with van der Waals surface area (Å²) in [6.07, 6.45) is 0. The minimum Gasteiger partial charge on any atom is -0.478 e. The van der Waals surface area contributed by atoms with Gasteiger partial charge in [0.15, 0.2) is 0 Å². The second-order valence-corrected chi connectivity index (χ2v) is 8.18. The second-order valence-electron chi connectivity index (χ2n) is 7.30. The maximum atomic E-state index is 11.6. The summed E-state index contributed by atoms with van der Waals surface area (Å²) in [5.41, 5.74) is 3.67. The van der Waals surface area contributed by atoms with Crippen molar-refractivity contribution in [3.05, 3.63) is 105 Å². The number of carboxylic acids is 1. The summed E-state index contributed by atoms with van der Waals surface area (Å²) in [6.45, 7) is 0.308. The highest BCUT2D eigenvalue weighted by Gasteiger charge is 2.32. The molecule has 2 N–H and O–H groups in total. The molecule has 3 aromatic carbocycles. The lowest BCUT2D eigenvalue weighted by Crippen LogP contribution is -2.25. The molecule has 7 heteroatoms. The Morgan fingerprint density at radius 1 is 1.00 bits per heavy atom. The zero-order chi connectivity index (χ0) is 22.0. The number of carboxylic acid groups (broad SMARTS) is 1. The molecule has 3 aromatic rings. The van der Waals surface area contributed by atoms with Crippen LogP contribution in [0.25, 0.3) is 0 Å². The van der Waals surface area contributed by atoms with Gasteiger partial charge in [-0.15, -0.1) is 0 Å². The summed E-state index contributed by atoms with van der Waals surface area (Å²) in [6, 6.07) is 20.0. The third kappa shape index (κ3) is 4.74. The largest absolute Gasteiger partial charge is 0.478 e. The van der Waals surface area contributed by atoms with Crippen molar-refractivity contribution in [3.63, 3.8) is 0 Å². The number of aliphatic imine (C=N–C) groups is 1. The van der Waals surface area contributed by atoms with Crippen molar-refractivity contribution in [3.8, 4) is 0 Å². The molecule has 5 nitrogen and oxygen atoms in total. The Labute approximate surface area is 190 Å². The number of halogens is 2. The fourth-order valence-electron chi connectivity index (χ4n) is 3.70. The Kier molecular flexibility index (Phi) is 6.28. The summed E-state index contributed by atoms with van der Waals surface area (Å²) >= 11 is 12.2. The third-order valence-electron chi connectivity index (χ3n) is 5.14. The van der Waals surface area contributed by atoms with Gasteiger partial charge in [0.25, 0.3) is 0 Å². The van der Waals surface area contributed by atoms with Crippen LogP contribution in [0.3, 0.4) is 0 Å². The zero-order valence-corrected chi connectivity index (χ0v) is 18.2. The topological polar surface area (TPSA) is 70.9 Å². The van der Waals surface area contributed by atoms with Crippen LogP contribution in [0.15, 0.2) is 71.7 Å². The maximum absolute atomic E-state index is 11.6. The number of nitrogens with one attached hydrogen (secondary N) is 1. The number of methoxy groups -OCH3 is 1. The van der Waals surface area contributed by atoms with E-state index < -0.39 is 5.97 Å². The Morgan fingerprint density at radius 2 is 1.61 bits per heavy atom. The number of amidine groups is 1. The van der Waals surface area contributed by atoms with Crippen LogP contribution in [0.5, 0.6) is 0 Å². The van der Waals surface area contributed by atoms with Crippen LogP contribution < -0.4 is 5.32 Å². The van der Waals surface area contributed by atoms with Crippen molar-refractivity contribution >= 4 is 35.0 Å². The predicted octanol–water partition coefficient (Wildman–Crippen LogP) is 5.67. The van der Waals surface area contributed by atoms with Gasteiger partial charge in [-0.05, 0) is 59.2 Å². The summed E-state index contributed by atoms with van der Waals surface area (Å²) in [5, 5.41) is 14.3. The molecule has 2 unspecified atom stereocenters. The minimum absolute atomic E-state index is 0.146. The Bertz CT molecular complexity index is 1130. The molecule has 0 aliphatic carbocycles. The Balaban J connectivity index is 1.77. The molecule has 0 amide bonds. The van der Waals surface area contributed by atoms with Crippen LogP contribution in [-0.2, 0) is 11.3 Å². The average molecular weight is 455 g/mol. The molecular formula is C24H20Cl2N2O3. The smallest absolute Gasteiger partial charge is 0.335 e. The second kappa shape index (κ2) is 9.10. The number of carbonyl (C=O) groups is 1. The summed E-state index contributed by atoms with van der Waals surface area (Å²) in [7, 11) is 1.57. The zero-order valence-electron chi connectivity index (χ0n) is 16.7. The highest BCUT2D eigenvalue weighted by atomic mass is 35.5. The number of benzene rings is 3. The van der Waals surface area contributed by atoms with Crippen molar-refractivity contribution in [2.45, 2.75) is 18.7 Å². The standard InChI is InChI=1S/C24H20Cl2N2O3/c1-31-13-14-10-17(12-18(11-14)24(29)30)23-27-21(15-2-6-19(25)7-3-15)22(28-23)16-4-8-20(26)9-5-16/h2-12,21-22H,13H2,1H3,(H,27,28)(H,29,30). The summed E-state index contributed by atoms with van der Waals surface area (Å²) in [5.74, 6) is -0.373. The van der Waals surface area contributed by atoms with Crippen molar-refractivity contribution in [1.82, 2.24) is 5.32 Å². The first-order chi connectivity index (χ1) is 14.9. The van der Waals surface area contributed by atoms with Gasteiger partial charge >= 0.3 is 5.97 Å². The van der Waals surface area contributed by atoms with Gasteiger partial charge < -0.3 is 15.2 Å². The molecule has 31 heavy (non-hydrogen) atoms. The first-order valence-electron chi connectivity index (χ1n) is 9.66. The van der Waals surface area contributed by atoms with Crippen LogP contribution in [-0.4, -0.2) is 24.0 Å². The molecule has 1 aliphatic rings. The van der Waals surface area contributed by atoms with Gasteiger partial charge in [0.1, 0.15) is 11.9 Å². The maximum Gasteiger partial charge on any atom is 0.335 e. The predicted molar refractivity (Wildman–Crippen MR) is 122 cm³/mol. The van der Waals surface area contributed by atoms with E-state index in [1.165, 1.54) is 0 Å². The molecule has 4 rings (SSSR count). The average Bonchev–Trinajstić information content (AvgIpc) is 3.20. The number of rotatable bonds is 6. The van der Waals surface area contributed by atoms with E-state index in [-0.39, 0.29) is 17.6 Å². The van der Waals surface area contributed by atoms with Gasteiger partial charge in [-0.1, -0.05) is 47.5 Å². The fraction of sp³-hybridized carbons (Fsp3) is 0.167. The van der Waals surface area contributed by atoms with Crippen molar-refractivity contribution in [1.29, 1.82) is 0 Å². The van der Waals surface area contributed by atoms with Gasteiger partial charge in [0.05, 0.1) is 18.2 Å². The number of hydrogen-bond acceptors (Lipinski definition) is 4. The molecule has 0 spiro atoms. The van der Waals surface area contributed by atoms with Crippen molar-refractivity contribution in [2.75, 3.05) is 7.11 Å². The van der Waals surface area contributed by atoms with Crippen molar-refractivity contribution in [2.24, 2.45) is 4.99 Å². The third-order valence-corrected chi connectivity index (χ3v) is 5.64. The SMILES string of the molecule is COCc1cc(C(=O)O)cc(C2=NC(c3ccc(Cl)cc3)C(c3ccc(Cl)cc3)N2)c1. The van der Waals surface area contributed by atoms with Gasteiger partial charge in [-0.25, -0.2) is 4.79 Å². The molecule has 0 bridgehead atoms. The molecule has 0 fully saturated rings. The molecule has 0 radical (unpaired) electrons. The van der Waals surface area contributed by atoms with Gasteiger partial charge in [0.2, 0.25) is 0 Å². The number of ether oxygens (including phenoxy) is 1. The van der Waals surface area contributed by atoms with Gasteiger partial charge in [0, 0.05) is 22.7 Å². The number of nitrogens with zero attached hydrogens (tertiary/aromatic N) is 1. The lowest BCUT2D eigenvalue weighted by Gasteiger charge is -2.20. The minimum atomic E-state index is -0.999. The first-order valence-corrected chi connectivity index (χ1v) is 10.4. The highest BCUT2D eigenvalue weighted by molar-refractivity contribution is 6.30. The van der Waals surface area contributed by atoms with Crippen LogP contribution >= 0.6 is 23.2 Å². The molecule has 1 heterocycles.